The van der Waals surface area contributed by atoms with Gasteiger partial charge in [0.1, 0.15) is 24.4 Å². The quantitative estimate of drug-likeness (QED) is 0.285. The van der Waals surface area contributed by atoms with E-state index in [0.717, 1.165) is 0 Å². The molecule has 0 aliphatic carbocycles. The summed E-state index contributed by atoms with van der Waals surface area (Å²) in [6.07, 6.45) is -5.50. The monoisotopic (exact) mass is 222 g/mol. The van der Waals surface area contributed by atoms with Gasteiger partial charge in [0.15, 0.2) is 6.29 Å². The van der Waals surface area contributed by atoms with Crippen molar-refractivity contribution in [2.75, 3.05) is 6.61 Å². The molecule has 0 spiro atoms. The molecule has 7 N–H and O–H groups in total. The van der Waals surface area contributed by atoms with E-state index in [9.17, 15) is 20.1 Å². The molecule has 8 nitrogen and oxygen atoms in total. The largest absolute Gasteiger partial charge is 0.394 e. The van der Waals surface area contributed by atoms with Crippen LogP contribution in [0.4, 0.5) is 4.79 Å². The number of hydrogen-bond acceptors (Lipinski definition) is 6. The molecule has 1 aliphatic rings. The molecule has 0 aromatic carbocycles. The van der Waals surface area contributed by atoms with Crippen molar-refractivity contribution in [3.8, 4) is 0 Å². The Kier molecular flexibility index (Phi) is 3.83. The van der Waals surface area contributed by atoms with Crippen LogP contribution >= 0.6 is 0 Å². The summed E-state index contributed by atoms with van der Waals surface area (Å²) in [7, 11) is 0. The molecule has 1 rings (SSSR count). The van der Waals surface area contributed by atoms with Gasteiger partial charge in [-0.1, -0.05) is 0 Å². The van der Waals surface area contributed by atoms with Crippen molar-refractivity contribution in [1.29, 1.82) is 0 Å². The number of nitrogens with two attached hydrogens (primary N) is 1. The van der Waals surface area contributed by atoms with Crippen molar-refractivity contribution in [3.05, 3.63) is 0 Å². The van der Waals surface area contributed by atoms with Crippen LogP contribution < -0.4 is 11.1 Å². The lowest BCUT2D eigenvalue weighted by Gasteiger charge is -2.39. The summed E-state index contributed by atoms with van der Waals surface area (Å²) in [6, 6.07) is -2.18. The number of hydrogen-bond donors (Lipinski definition) is 6. The average molecular weight is 222 g/mol. The second-order valence-electron chi connectivity index (χ2n) is 3.26. The first-order chi connectivity index (χ1) is 6.97. The highest BCUT2D eigenvalue weighted by atomic mass is 16.6. The number of ether oxygens (including phenoxy) is 1. The molecule has 5 atom stereocenters. The summed E-state index contributed by atoms with van der Waals surface area (Å²) in [5, 5.41) is 39.0. The van der Waals surface area contributed by atoms with E-state index in [-0.39, 0.29) is 0 Å². The molecule has 8 heteroatoms. The SMILES string of the molecule is NC(=O)N[C@H]1[C@H](O)[C@H](O)[C@@H](CO)O[C@H]1O. The normalized spacial score (nSPS) is 41.2. The fourth-order valence-electron chi connectivity index (χ4n) is 1.42. The maximum Gasteiger partial charge on any atom is 0.312 e. The Morgan fingerprint density at radius 3 is 2.40 bits per heavy atom. The zero-order valence-corrected chi connectivity index (χ0v) is 7.78. The number of aliphatic hydroxyl groups excluding tert-OH is 4. The van der Waals surface area contributed by atoms with E-state index in [4.69, 9.17) is 15.6 Å². The summed E-state index contributed by atoms with van der Waals surface area (Å²) in [6.45, 7) is -0.557. The van der Waals surface area contributed by atoms with Crippen LogP contribution in [0.1, 0.15) is 0 Å². The van der Waals surface area contributed by atoms with Gasteiger partial charge in [-0.05, 0) is 0 Å². The Balaban J connectivity index is 2.70. The molecule has 0 unspecified atom stereocenters. The topological polar surface area (TPSA) is 145 Å². The fraction of sp³-hybridized carbons (Fsp3) is 0.857. The molecule has 1 fully saturated rings. The summed E-state index contributed by atoms with van der Waals surface area (Å²) >= 11 is 0. The van der Waals surface area contributed by atoms with E-state index in [0.29, 0.717) is 0 Å². The first kappa shape index (κ1) is 12.1. The van der Waals surface area contributed by atoms with Crippen LogP contribution in [0.25, 0.3) is 0 Å². The number of primary amides is 1. The van der Waals surface area contributed by atoms with E-state index >= 15 is 0 Å². The minimum Gasteiger partial charge on any atom is -0.394 e. The van der Waals surface area contributed by atoms with Crippen molar-refractivity contribution in [2.24, 2.45) is 5.73 Å². The van der Waals surface area contributed by atoms with Crippen LogP contribution in [0.5, 0.6) is 0 Å². The Morgan fingerprint density at radius 1 is 1.33 bits per heavy atom. The second kappa shape index (κ2) is 4.73. The average Bonchev–Trinajstić information content (AvgIpc) is 2.18. The van der Waals surface area contributed by atoms with Crippen molar-refractivity contribution >= 4 is 6.03 Å². The third-order valence-electron chi connectivity index (χ3n) is 2.21. The van der Waals surface area contributed by atoms with Gasteiger partial charge < -0.3 is 36.2 Å². The molecule has 0 aromatic rings. The molecule has 2 amide bonds. The first-order valence-electron chi connectivity index (χ1n) is 4.34. The molecule has 88 valence electrons. The highest BCUT2D eigenvalue weighted by molar-refractivity contribution is 5.72. The summed E-state index contributed by atoms with van der Waals surface area (Å²) in [5.74, 6) is 0. The standard InChI is InChI=1S/C7H14N2O6/c8-7(14)9-3-5(12)4(11)2(1-10)15-6(3)13/h2-6,10-13H,1H2,(H3,8,9,14)/t2-,3+,4-,5+,6-/m1/s1. The van der Waals surface area contributed by atoms with Crippen molar-refractivity contribution in [3.63, 3.8) is 0 Å². The molecule has 0 bridgehead atoms. The van der Waals surface area contributed by atoms with Crippen LogP contribution in [-0.4, -0.2) is 63.7 Å². The highest BCUT2D eigenvalue weighted by Crippen LogP contribution is 2.19. The van der Waals surface area contributed by atoms with Gasteiger partial charge >= 0.3 is 6.03 Å². The van der Waals surface area contributed by atoms with Gasteiger partial charge in [0.05, 0.1) is 6.61 Å². The lowest BCUT2D eigenvalue weighted by atomic mass is 9.97. The third-order valence-corrected chi connectivity index (χ3v) is 2.21. The van der Waals surface area contributed by atoms with Gasteiger partial charge in [-0.15, -0.1) is 0 Å². The molecular weight excluding hydrogens is 208 g/mol. The molecule has 0 aromatic heterocycles. The fourth-order valence-corrected chi connectivity index (χ4v) is 1.42. The van der Waals surface area contributed by atoms with Crippen LogP contribution in [0, 0.1) is 0 Å². The van der Waals surface area contributed by atoms with E-state index < -0.39 is 43.3 Å². The van der Waals surface area contributed by atoms with E-state index in [2.05, 4.69) is 0 Å². The minimum atomic E-state index is -1.53. The molecule has 0 saturated carbocycles. The predicted octanol–water partition coefficient (Wildman–Crippen LogP) is -3.55. The van der Waals surface area contributed by atoms with Crippen LogP contribution in [0.3, 0.4) is 0 Å². The van der Waals surface area contributed by atoms with Crippen LogP contribution in [-0.2, 0) is 4.74 Å². The smallest absolute Gasteiger partial charge is 0.312 e. The Morgan fingerprint density at radius 2 is 1.93 bits per heavy atom. The van der Waals surface area contributed by atoms with Gasteiger partial charge in [0, 0.05) is 0 Å². The zero-order chi connectivity index (χ0) is 11.6. The van der Waals surface area contributed by atoms with Gasteiger partial charge in [-0.25, -0.2) is 4.79 Å². The second-order valence-corrected chi connectivity index (χ2v) is 3.26. The molecule has 1 heterocycles. The minimum absolute atomic E-state index is 0.557. The summed E-state index contributed by atoms with van der Waals surface area (Å²) < 4.78 is 4.76. The van der Waals surface area contributed by atoms with Crippen molar-refractivity contribution < 1.29 is 30.0 Å². The number of nitrogens with one attached hydrogen (secondary N) is 1. The number of aliphatic hydroxyl groups is 4. The molecule has 1 saturated heterocycles. The van der Waals surface area contributed by atoms with Crippen molar-refractivity contribution in [1.82, 2.24) is 5.32 Å². The van der Waals surface area contributed by atoms with Gasteiger partial charge in [-0.3, -0.25) is 0 Å². The molecule has 1 aliphatic heterocycles. The number of rotatable bonds is 2. The Hall–Kier alpha value is -0.930. The third kappa shape index (κ3) is 2.55. The van der Waals surface area contributed by atoms with Gasteiger partial charge in [0.2, 0.25) is 0 Å². The van der Waals surface area contributed by atoms with Crippen molar-refractivity contribution in [2.45, 2.75) is 30.6 Å². The molecular formula is C7H14N2O6. The number of amides is 2. The number of urea groups is 1. The van der Waals surface area contributed by atoms with Crippen LogP contribution in [0.15, 0.2) is 0 Å². The van der Waals surface area contributed by atoms with Crippen LogP contribution in [0.2, 0.25) is 0 Å². The Labute approximate surface area is 85.3 Å². The number of carbonyl (C=O) groups is 1. The van der Waals surface area contributed by atoms with Gasteiger partial charge in [0.25, 0.3) is 0 Å². The summed E-state index contributed by atoms with van der Waals surface area (Å²) in [4.78, 5) is 10.5. The van der Waals surface area contributed by atoms with Gasteiger partial charge in [-0.2, -0.15) is 0 Å². The molecule has 0 radical (unpaired) electrons. The maximum atomic E-state index is 10.5. The lowest BCUT2D eigenvalue weighted by molar-refractivity contribution is -0.252. The highest BCUT2D eigenvalue weighted by Gasteiger charge is 2.44. The lowest BCUT2D eigenvalue weighted by Crippen LogP contribution is -2.64. The van der Waals surface area contributed by atoms with E-state index in [1.165, 1.54) is 0 Å². The summed E-state index contributed by atoms with van der Waals surface area (Å²) in [5.41, 5.74) is 4.80. The number of carbonyl (C=O) groups excluding carboxylic acids is 1. The first-order valence-corrected chi connectivity index (χ1v) is 4.34. The van der Waals surface area contributed by atoms with E-state index in [1.807, 2.05) is 5.32 Å². The predicted molar refractivity (Wildman–Crippen MR) is 46.5 cm³/mol. The zero-order valence-electron chi connectivity index (χ0n) is 7.78. The van der Waals surface area contributed by atoms with E-state index in [1.54, 1.807) is 0 Å². The Bertz CT molecular complexity index is 238. The maximum absolute atomic E-state index is 10.5. The molecule has 15 heavy (non-hydrogen) atoms.